The van der Waals surface area contributed by atoms with E-state index in [-0.39, 0.29) is 5.78 Å². The van der Waals surface area contributed by atoms with Crippen LogP contribution >= 0.6 is 31.9 Å². The molecular formula is C18H10Br2N2O. The Bertz CT molecular complexity index is 1070. The van der Waals surface area contributed by atoms with Gasteiger partial charge in [-0.1, -0.05) is 50.1 Å². The summed E-state index contributed by atoms with van der Waals surface area (Å²) >= 11 is 6.91. The van der Waals surface area contributed by atoms with E-state index < -0.39 is 0 Å². The van der Waals surface area contributed by atoms with E-state index in [1.54, 1.807) is 12.3 Å². The fourth-order valence-electron chi connectivity index (χ4n) is 2.75. The number of aromatic amines is 1. The van der Waals surface area contributed by atoms with Crippen molar-refractivity contribution in [3.05, 3.63) is 74.9 Å². The Morgan fingerprint density at radius 3 is 2.65 bits per heavy atom. The predicted octanol–water partition coefficient (Wildman–Crippen LogP) is 5.47. The van der Waals surface area contributed by atoms with E-state index >= 15 is 0 Å². The number of fused-ring (bicyclic) bond motifs is 3. The predicted molar refractivity (Wildman–Crippen MR) is 98.9 cm³/mol. The van der Waals surface area contributed by atoms with Crippen LogP contribution in [0.3, 0.4) is 0 Å². The molecule has 0 spiro atoms. The third-order valence-corrected chi connectivity index (χ3v) is 5.00. The van der Waals surface area contributed by atoms with Crippen LogP contribution in [-0.2, 0) is 0 Å². The Labute approximate surface area is 149 Å². The molecule has 2 aromatic heterocycles. The number of aromatic nitrogens is 2. The second-order valence-electron chi connectivity index (χ2n) is 5.21. The maximum atomic E-state index is 12.9. The number of pyridine rings is 1. The van der Waals surface area contributed by atoms with Gasteiger partial charge in [-0.2, -0.15) is 0 Å². The van der Waals surface area contributed by atoms with Crippen LogP contribution < -0.4 is 0 Å². The molecule has 5 heteroatoms. The van der Waals surface area contributed by atoms with E-state index in [1.807, 2.05) is 42.5 Å². The average molecular weight is 430 g/mol. The lowest BCUT2D eigenvalue weighted by Gasteiger charge is -2.04. The number of carbonyl (C=O) groups is 1. The summed E-state index contributed by atoms with van der Waals surface area (Å²) in [4.78, 5) is 20.6. The molecule has 4 aromatic rings. The lowest BCUT2D eigenvalue weighted by molar-refractivity contribution is 0.103. The third kappa shape index (κ3) is 2.40. The summed E-state index contributed by atoms with van der Waals surface area (Å²) in [5, 5.41) is 2.07. The van der Waals surface area contributed by atoms with Crippen molar-refractivity contribution in [2.24, 2.45) is 0 Å². The van der Waals surface area contributed by atoms with Crippen molar-refractivity contribution >= 4 is 59.4 Å². The zero-order valence-corrected chi connectivity index (χ0v) is 15.0. The molecule has 0 saturated heterocycles. The second-order valence-corrected chi connectivity index (χ2v) is 6.98. The first-order valence-electron chi connectivity index (χ1n) is 7.00. The average Bonchev–Trinajstić information content (AvgIpc) is 2.92. The van der Waals surface area contributed by atoms with E-state index in [1.165, 1.54) is 0 Å². The molecule has 0 aliphatic heterocycles. The van der Waals surface area contributed by atoms with E-state index in [2.05, 4.69) is 41.8 Å². The van der Waals surface area contributed by atoms with Gasteiger partial charge in [0.25, 0.3) is 0 Å². The number of ketones is 1. The summed E-state index contributed by atoms with van der Waals surface area (Å²) in [5.41, 5.74) is 2.78. The maximum Gasteiger partial charge on any atom is 0.214 e. The molecule has 112 valence electrons. The standard InChI is InChI=1S/C18H10Br2N2O/c19-10-5-6-11-12-7-8-21-17(16(12)22-15(11)9-10)18(23)13-3-1-2-4-14(13)20/h1-9,22H. The molecule has 2 heterocycles. The van der Waals surface area contributed by atoms with Crippen LogP contribution in [0.4, 0.5) is 0 Å². The van der Waals surface area contributed by atoms with E-state index in [0.717, 1.165) is 30.8 Å². The molecule has 23 heavy (non-hydrogen) atoms. The van der Waals surface area contributed by atoms with E-state index in [9.17, 15) is 4.79 Å². The highest BCUT2D eigenvalue weighted by Crippen LogP contribution is 2.30. The SMILES string of the molecule is O=C(c1ccccc1Br)c1nccc2c1[nH]c1cc(Br)ccc12. The Hall–Kier alpha value is -1.98. The van der Waals surface area contributed by atoms with Gasteiger partial charge >= 0.3 is 0 Å². The van der Waals surface area contributed by atoms with Gasteiger partial charge in [0.1, 0.15) is 5.69 Å². The van der Waals surface area contributed by atoms with Crippen LogP contribution in [0.2, 0.25) is 0 Å². The number of carbonyl (C=O) groups excluding carboxylic acids is 1. The molecule has 0 aliphatic carbocycles. The van der Waals surface area contributed by atoms with Crippen molar-refractivity contribution < 1.29 is 4.79 Å². The first-order valence-corrected chi connectivity index (χ1v) is 8.59. The minimum absolute atomic E-state index is 0.103. The summed E-state index contributed by atoms with van der Waals surface area (Å²) < 4.78 is 1.76. The number of halogens is 2. The van der Waals surface area contributed by atoms with Crippen LogP contribution in [0.5, 0.6) is 0 Å². The molecule has 0 aliphatic rings. The number of rotatable bonds is 2. The number of H-pyrrole nitrogens is 1. The Morgan fingerprint density at radius 2 is 1.83 bits per heavy atom. The molecule has 1 N–H and O–H groups in total. The second kappa shape index (κ2) is 5.58. The number of hydrogen-bond donors (Lipinski definition) is 1. The maximum absolute atomic E-state index is 12.9. The Kier molecular flexibility index (Phi) is 3.54. The fourth-order valence-corrected chi connectivity index (χ4v) is 3.57. The lowest BCUT2D eigenvalue weighted by atomic mass is 10.1. The highest BCUT2D eigenvalue weighted by molar-refractivity contribution is 9.10. The first kappa shape index (κ1) is 14.6. The smallest absolute Gasteiger partial charge is 0.214 e. The summed E-state index contributed by atoms with van der Waals surface area (Å²) in [6.07, 6.45) is 1.68. The molecule has 0 unspecified atom stereocenters. The molecule has 0 amide bonds. The fraction of sp³-hybridized carbons (Fsp3) is 0. The van der Waals surface area contributed by atoms with Gasteiger partial charge in [-0.15, -0.1) is 0 Å². The van der Waals surface area contributed by atoms with Crippen molar-refractivity contribution in [2.75, 3.05) is 0 Å². The van der Waals surface area contributed by atoms with Gasteiger partial charge in [-0.25, -0.2) is 0 Å². The van der Waals surface area contributed by atoms with Crippen molar-refractivity contribution in [3.63, 3.8) is 0 Å². The van der Waals surface area contributed by atoms with Crippen molar-refractivity contribution in [3.8, 4) is 0 Å². The van der Waals surface area contributed by atoms with E-state index in [4.69, 9.17) is 0 Å². The van der Waals surface area contributed by atoms with Crippen LogP contribution in [0.25, 0.3) is 21.8 Å². The van der Waals surface area contributed by atoms with Crippen molar-refractivity contribution in [1.82, 2.24) is 9.97 Å². The first-order chi connectivity index (χ1) is 11.1. The van der Waals surface area contributed by atoms with Gasteiger partial charge < -0.3 is 4.98 Å². The van der Waals surface area contributed by atoms with E-state index in [0.29, 0.717) is 11.3 Å². The normalized spacial score (nSPS) is 11.2. The molecule has 0 saturated carbocycles. The Balaban J connectivity index is 1.99. The molecule has 0 bridgehead atoms. The largest absolute Gasteiger partial charge is 0.353 e. The highest BCUT2D eigenvalue weighted by atomic mass is 79.9. The quantitative estimate of drug-likeness (QED) is 0.429. The number of nitrogens with one attached hydrogen (secondary N) is 1. The molecule has 0 fully saturated rings. The lowest BCUT2D eigenvalue weighted by Crippen LogP contribution is -2.05. The van der Waals surface area contributed by atoms with Gasteiger partial charge in [0.15, 0.2) is 0 Å². The van der Waals surface area contributed by atoms with Crippen molar-refractivity contribution in [1.29, 1.82) is 0 Å². The molecule has 4 rings (SSSR count). The van der Waals surface area contributed by atoms with Gasteiger partial charge in [-0.05, 0) is 30.3 Å². The minimum atomic E-state index is -0.103. The van der Waals surface area contributed by atoms with Crippen LogP contribution in [-0.4, -0.2) is 15.8 Å². The monoisotopic (exact) mass is 428 g/mol. The topological polar surface area (TPSA) is 45.8 Å². The summed E-state index contributed by atoms with van der Waals surface area (Å²) in [7, 11) is 0. The zero-order chi connectivity index (χ0) is 16.0. The van der Waals surface area contributed by atoms with Crippen molar-refractivity contribution in [2.45, 2.75) is 0 Å². The highest BCUT2D eigenvalue weighted by Gasteiger charge is 2.18. The van der Waals surface area contributed by atoms with Gasteiger partial charge in [0.05, 0.1) is 5.52 Å². The molecule has 0 radical (unpaired) electrons. The molecular weight excluding hydrogens is 420 g/mol. The summed E-state index contributed by atoms with van der Waals surface area (Å²) in [6, 6.07) is 15.3. The third-order valence-electron chi connectivity index (χ3n) is 3.82. The van der Waals surface area contributed by atoms with Crippen LogP contribution in [0, 0.1) is 0 Å². The van der Waals surface area contributed by atoms with Gasteiger partial charge in [0, 0.05) is 37.0 Å². The molecule has 3 nitrogen and oxygen atoms in total. The number of nitrogens with zero attached hydrogens (tertiary/aromatic N) is 1. The summed E-state index contributed by atoms with van der Waals surface area (Å²) in [6.45, 7) is 0. The molecule has 2 aromatic carbocycles. The number of benzene rings is 2. The number of hydrogen-bond acceptors (Lipinski definition) is 2. The Morgan fingerprint density at radius 1 is 1.00 bits per heavy atom. The molecule has 0 atom stereocenters. The summed E-state index contributed by atoms with van der Waals surface area (Å²) in [5.74, 6) is -0.103. The zero-order valence-electron chi connectivity index (χ0n) is 11.8. The van der Waals surface area contributed by atoms with Crippen LogP contribution in [0.15, 0.2) is 63.7 Å². The van der Waals surface area contributed by atoms with Gasteiger partial charge in [-0.3, -0.25) is 9.78 Å². The van der Waals surface area contributed by atoms with Gasteiger partial charge in [0.2, 0.25) is 5.78 Å². The minimum Gasteiger partial charge on any atom is -0.353 e. The van der Waals surface area contributed by atoms with Crippen LogP contribution in [0.1, 0.15) is 16.1 Å².